The third-order valence-corrected chi connectivity index (χ3v) is 1.96. The maximum atomic E-state index is 13.3. The summed E-state index contributed by atoms with van der Waals surface area (Å²) in [5.74, 6) is -2.01. The summed E-state index contributed by atoms with van der Waals surface area (Å²) < 4.78 is 31.6. The van der Waals surface area contributed by atoms with Gasteiger partial charge in [0.05, 0.1) is 6.61 Å². The molecule has 1 aromatic rings. The fourth-order valence-electron chi connectivity index (χ4n) is 1.13. The minimum absolute atomic E-state index is 0.120. The number of aliphatic hydroxyl groups is 1. The molecule has 2 nitrogen and oxygen atoms in total. The van der Waals surface area contributed by atoms with E-state index in [1.165, 1.54) is 0 Å². The van der Waals surface area contributed by atoms with Gasteiger partial charge in [-0.3, -0.25) is 0 Å². The smallest absolute Gasteiger partial charge is 0.191 e. The van der Waals surface area contributed by atoms with E-state index in [4.69, 9.17) is 9.84 Å². The predicted octanol–water partition coefficient (Wildman–Crippen LogP) is 2.80. The molecule has 0 saturated carbocycles. The molecule has 1 aromatic carbocycles. The van der Waals surface area contributed by atoms with Crippen LogP contribution in [0.4, 0.5) is 8.78 Å². The first-order valence-corrected chi connectivity index (χ1v) is 4.89. The molecule has 0 aliphatic heterocycles. The monoisotopic (exact) mass is 228 g/mol. The van der Waals surface area contributed by atoms with Gasteiger partial charge in [-0.15, -0.1) is 0 Å². The molecule has 0 bridgehead atoms. The highest BCUT2D eigenvalue weighted by molar-refractivity contribution is 5.31. The quantitative estimate of drug-likeness (QED) is 0.803. The van der Waals surface area contributed by atoms with Crippen LogP contribution < -0.4 is 4.74 Å². The van der Waals surface area contributed by atoms with Gasteiger partial charge in [0, 0.05) is 0 Å². The van der Waals surface area contributed by atoms with E-state index in [1.54, 1.807) is 6.08 Å². The van der Waals surface area contributed by atoms with Gasteiger partial charge in [0.2, 0.25) is 0 Å². The fraction of sp³-hybridized carbons (Fsp3) is 0.333. The Hall–Kier alpha value is -1.42. The van der Waals surface area contributed by atoms with E-state index in [0.717, 1.165) is 17.7 Å². The molecule has 0 unspecified atom stereocenters. The van der Waals surface area contributed by atoms with Crippen LogP contribution in [0, 0.1) is 11.6 Å². The lowest BCUT2D eigenvalue weighted by Gasteiger charge is -2.07. The topological polar surface area (TPSA) is 29.5 Å². The maximum Gasteiger partial charge on any atom is 0.191 e. The van der Waals surface area contributed by atoms with E-state index in [0.29, 0.717) is 0 Å². The summed E-state index contributed by atoms with van der Waals surface area (Å²) in [7, 11) is 0. The third-order valence-electron chi connectivity index (χ3n) is 1.96. The summed E-state index contributed by atoms with van der Waals surface area (Å²) in [6.07, 6.45) is 1.72. The highest BCUT2D eigenvalue weighted by atomic mass is 19.1. The van der Waals surface area contributed by atoms with E-state index in [2.05, 4.69) is 0 Å². The van der Waals surface area contributed by atoms with Gasteiger partial charge in [0.25, 0.3) is 0 Å². The number of ether oxygens (including phenoxy) is 1. The molecule has 88 valence electrons. The molecule has 1 rings (SSSR count). The fourth-order valence-corrected chi connectivity index (χ4v) is 1.13. The van der Waals surface area contributed by atoms with Gasteiger partial charge >= 0.3 is 0 Å². The van der Waals surface area contributed by atoms with Crippen molar-refractivity contribution in [3.8, 4) is 5.75 Å². The lowest BCUT2D eigenvalue weighted by molar-refractivity contribution is 0.277. The van der Waals surface area contributed by atoms with Gasteiger partial charge < -0.3 is 9.84 Å². The number of benzene rings is 1. The molecule has 0 aromatic heterocycles. The number of allylic oxidation sites excluding steroid dienone is 1. The first kappa shape index (κ1) is 12.6. The number of halogens is 2. The highest BCUT2D eigenvalue weighted by Crippen LogP contribution is 2.23. The summed E-state index contributed by atoms with van der Waals surface area (Å²) in [4.78, 5) is 0. The average Bonchev–Trinajstić information content (AvgIpc) is 2.21. The van der Waals surface area contributed by atoms with Crippen LogP contribution in [0.5, 0.6) is 5.75 Å². The lowest BCUT2D eigenvalue weighted by atomic mass is 10.2. The van der Waals surface area contributed by atoms with Crippen molar-refractivity contribution in [3.63, 3.8) is 0 Å². The van der Waals surface area contributed by atoms with Crippen molar-refractivity contribution in [2.75, 3.05) is 6.61 Å². The number of hydrogen-bond donors (Lipinski definition) is 1. The number of rotatable bonds is 4. The van der Waals surface area contributed by atoms with E-state index in [9.17, 15) is 8.78 Å². The second-order valence-corrected chi connectivity index (χ2v) is 3.64. The SMILES string of the molecule is CC(C)=CCOc1c(F)cc(CO)cc1F. The Morgan fingerprint density at radius 1 is 1.31 bits per heavy atom. The van der Waals surface area contributed by atoms with Gasteiger partial charge in [-0.1, -0.05) is 5.57 Å². The zero-order valence-electron chi connectivity index (χ0n) is 9.26. The Labute approximate surface area is 93.2 Å². The van der Waals surface area contributed by atoms with E-state index in [1.807, 2.05) is 13.8 Å². The normalized spacial score (nSPS) is 10.1. The molecule has 0 radical (unpaired) electrons. The van der Waals surface area contributed by atoms with Crippen molar-refractivity contribution in [1.29, 1.82) is 0 Å². The molecule has 1 N–H and O–H groups in total. The van der Waals surface area contributed by atoms with E-state index < -0.39 is 24.0 Å². The zero-order valence-corrected chi connectivity index (χ0v) is 9.26. The Morgan fingerprint density at radius 3 is 2.31 bits per heavy atom. The molecule has 4 heteroatoms. The number of hydrogen-bond acceptors (Lipinski definition) is 2. The maximum absolute atomic E-state index is 13.3. The Morgan fingerprint density at radius 2 is 1.88 bits per heavy atom. The molecule has 0 aliphatic carbocycles. The van der Waals surface area contributed by atoms with Gasteiger partial charge in [-0.05, 0) is 37.6 Å². The third kappa shape index (κ3) is 3.31. The van der Waals surface area contributed by atoms with Gasteiger partial charge in [0.1, 0.15) is 6.61 Å². The number of aliphatic hydroxyl groups excluding tert-OH is 1. The van der Waals surface area contributed by atoms with Gasteiger partial charge in [0.15, 0.2) is 17.4 Å². The molecule has 0 spiro atoms. The van der Waals surface area contributed by atoms with Crippen molar-refractivity contribution in [3.05, 3.63) is 41.0 Å². The van der Waals surface area contributed by atoms with Crippen LogP contribution in [0.3, 0.4) is 0 Å². The first-order valence-electron chi connectivity index (χ1n) is 4.89. The van der Waals surface area contributed by atoms with Crippen LogP contribution in [0.1, 0.15) is 19.4 Å². The Bertz CT molecular complexity index is 373. The first-order chi connectivity index (χ1) is 7.54. The molecular formula is C12H14F2O2. The summed E-state index contributed by atoms with van der Waals surface area (Å²) >= 11 is 0. The largest absolute Gasteiger partial charge is 0.483 e. The molecule has 0 aliphatic rings. The Balaban J connectivity index is 2.84. The molecule has 0 saturated heterocycles. The van der Waals surface area contributed by atoms with E-state index in [-0.39, 0.29) is 12.2 Å². The summed E-state index contributed by atoms with van der Waals surface area (Å²) in [5, 5.41) is 8.74. The molecule has 0 amide bonds. The van der Waals surface area contributed by atoms with E-state index >= 15 is 0 Å². The standard InChI is InChI=1S/C12H14F2O2/c1-8(2)3-4-16-12-10(13)5-9(7-15)6-11(12)14/h3,5-6,15H,4,7H2,1-2H3. The summed E-state index contributed by atoms with van der Waals surface area (Å²) in [6, 6.07) is 2.11. The molecule has 0 atom stereocenters. The van der Waals surface area contributed by atoms with Crippen LogP contribution >= 0.6 is 0 Å². The second-order valence-electron chi connectivity index (χ2n) is 3.64. The summed E-state index contributed by atoms with van der Waals surface area (Å²) in [6.45, 7) is 3.45. The van der Waals surface area contributed by atoms with Crippen molar-refractivity contribution in [2.45, 2.75) is 20.5 Å². The van der Waals surface area contributed by atoms with Crippen LogP contribution in [0.25, 0.3) is 0 Å². The lowest BCUT2D eigenvalue weighted by Crippen LogP contribution is -2.01. The van der Waals surface area contributed by atoms with Gasteiger partial charge in [-0.2, -0.15) is 0 Å². The zero-order chi connectivity index (χ0) is 12.1. The highest BCUT2D eigenvalue weighted by Gasteiger charge is 2.11. The Kier molecular flexibility index (Phi) is 4.43. The minimum Gasteiger partial charge on any atom is -0.483 e. The summed E-state index contributed by atoms with van der Waals surface area (Å²) in [5.41, 5.74) is 1.19. The molecule has 0 fully saturated rings. The molecular weight excluding hydrogens is 214 g/mol. The average molecular weight is 228 g/mol. The van der Waals surface area contributed by atoms with Crippen LogP contribution in [0.2, 0.25) is 0 Å². The van der Waals surface area contributed by atoms with Gasteiger partial charge in [-0.25, -0.2) is 8.78 Å². The van der Waals surface area contributed by atoms with Crippen molar-refractivity contribution < 1.29 is 18.6 Å². The second kappa shape index (κ2) is 5.61. The predicted molar refractivity (Wildman–Crippen MR) is 57.2 cm³/mol. The van der Waals surface area contributed by atoms with Crippen LogP contribution in [-0.4, -0.2) is 11.7 Å². The van der Waals surface area contributed by atoms with Crippen molar-refractivity contribution >= 4 is 0 Å². The van der Waals surface area contributed by atoms with Crippen LogP contribution in [-0.2, 0) is 6.61 Å². The van der Waals surface area contributed by atoms with Crippen molar-refractivity contribution in [2.24, 2.45) is 0 Å². The van der Waals surface area contributed by atoms with Crippen molar-refractivity contribution in [1.82, 2.24) is 0 Å². The minimum atomic E-state index is -0.800. The molecule has 16 heavy (non-hydrogen) atoms. The van der Waals surface area contributed by atoms with Crippen LogP contribution in [0.15, 0.2) is 23.8 Å². The molecule has 0 heterocycles.